The van der Waals surface area contributed by atoms with Gasteiger partial charge in [-0.05, 0) is 5.56 Å². The molecular formula is C11H12BrN3O2S. The van der Waals surface area contributed by atoms with Gasteiger partial charge in [0.05, 0.1) is 17.4 Å². The first-order chi connectivity index (χ1) is 8.59. The summed E-state index contributed by atoms with van der Waals surface area (Å²) in [6.45, 7) is 0.269. The Kier molecular flexibility index (Phi) is 4.15. The molecule has 1 atom stereocenters. The van der Waals surface area contributed by atoms with Gasteiger partial charge in [-0.1, -0.05) is 46.3 Å². The second-order valence-corrected chi connectivity index (χ2v) is 6.49. The quantitative estimate of drug-likeness (QED) is 0.821. The lowest BCUT2D eigenvalue weighted by Crippen LogP contribution is -2.27. The molecule has 1 unspecified atom stereocenters. The van der Waals surface area contributed by atoms with Crippen molar-refractivity contribution in [2.75, 3.05) is 6.54 Å². The van der Waals surface area contributed by atoms with E-state index in [-0.39, 0.29) is 16.4 Å². The summed E-state index contributed by atoms with van der Waals surface area (Å²) in [6, 6.07) is 9.60. The molecule has 0 aliphatic heterocycles. The lowest BCUT2D eigenvalue weighted by atomic mass is 10.2. The minimum absolute atomic E-state index is 0.0651. The number of imidazole rings is 1. The minimum atomic E-state index is -3.52. The summed E-state index contributed by atoms with van der Waals surface area (Å²) in [7, 11) is -3.52. The average Bonchev–Trinajstić information content (AvgIpc) is 2.92. The zero-order valence-electron chi connectivity index (χ0n) is 9.38. The molecule has 1 aromatic carbocycles. The Balaban J connectivity index is 2.00. The zero-order valence-corrected chi connectivity index (χ0v) is 11.8. The van der Waals surface area contributed by atoms with Crippen molar-refractivity contribution in [2.45, 2.75) is 9.85 Å². The van der Waals surface area contributed by atoms with E-state index in [1.165, 1.54) is 12.5 Å². The van der Waals surface area contributed by atoms with Crippen LogP contribution in [0.4, 0.5) is 0 Å². The van der Waals surface area contributed by atoms with Crippen LogP contribution in [0.15, 0.2) is 47.9 Å². The van der Waals surface area contributed by atoms with Gasteiger partial charge in [0.1, 0.15) is 0 Å². The van der Waals surface area contributed by atoms with Gasteiger partial charge in [-0.3, -0.25) is 0 Å². The molecule has 0 amide bonds. The highest BCUT2D eigenvalue weighted by Crippen LogP contribution is 2.21. The van der Waals surface area contributed by atoms with Gasteiger partial charge in [0.15, 0.2) is 5.03 Å². The minimum Gasteiger partial charge on any atom is -0.335 e. The number of rotatable bonds is 5. The number of halogens is 1. The summed E-state index contributed by atoms with van der Waals surface area (Å²) in [4.78, 5) is 6.18. The van der Waals surface area contributed by atoms with Crippen LogP contribution in [-0.4, -0.2) is 24.9 Å². The highest BCUT2D eigenvalue weighted by molar-refractivity contribution is 9.09. The summed E-state index contributed by atoms with van der Waals surface area (Å²) < 4.78 is 26.2. The SMILES string of the molecule is O=S(=O)(NCC(Br)c1ccccc1)c1cnc[nH]1. The molecule has 2 aromatic rings. The molecule has 0 fully saturated rings. The highest BCUT2D eigenvalue weighted by atomic mass is 79.9. The van der Waals surface area contributed by atoms with Crippen molar-refractivity contribution in [3.05, 3.63) is 48.4 Å². The number of alkyl halides is 1. The predicted octanol–water partition coefficient (Wildman–Crippen LogP) is 1.82. The lowest BCUT2D eigenvalue weighted by molar-refractivity contribution is 0.578. The van der Waals surface area contributed by atoms with Crippen molar-refractivity contribution in [3.8, 4) is 0 Å². The molecule has 0 saturated carbocycles. The third-order valence-electron chi connectivity index (χ3n) is 2.38. The van der Waals surface area contributed by atoms with Crippen molar-refractivity contribution >= 4 is 26.0 Å². The van der Waals surface area contributed by atoms with E-state index in [0.29, 0.717) is 0 Å². The molecule has 5 nitrogen and oxygen atoms in total. The molecule has 0 spiro atoms. The van der Waals surface area contributed by atoms with Gasteiger partial charge in [-0.15, -0.1) is 0 Å². The normalized spacial score (nSPS) is 13.4. The molecule has 7 heteroatoms. The molecule has 0 radical (unpaired) electrons. The molecule has 0 aliphatic rings. The topological polar surface area (TPSA) is 74.8 Å². The highest BCUT2D eigenvalue weighted by Gasteiger charge is 2.17. The predicted molar refractivity (Wildman–Crippen MR) is 71.9 cm³/mol. The van der Waals surface area contributed by atoms with Crippen LogP contribution in [0.1, 0.15) is 10.4 Å². The van der Waals surface area contributed by atoms with Crippen molar-refractivity contribution in [2.24, 2.45) is 0 Å². The number of hydrogen-bond acceptors (Lipinski definition) is 3. The third kappa shape index (κ3) is 3.18. The summed E-state index contributed by atoms with van der Waals surface area (Å²) in [6.07, 6.45) is 2.60. The van der Waals surface area contributed by atoms with E-state index in [0.717, 1.165) is 5.56 Å². The maximum atomic E-state index is 11.8. The third-order valence-corrected chi connectivity index (χ3v) is 4.58. The maximum Gasteiger partial charge on any atom is 0.257 e. The number of aromatic amines is 1. The summed E-state index contributed by atoms with van der Waals surface area (Å²) >= 11 is 3.45. The molecule has 0 saturated heterocycles. The van der Waals surface area contributed by atoms with Gasteiger partial charge in [-0.2, -0.15) is 0 Å². The van der Waals surface area contributed by atoms with Gasteiger partial charge in [0.2, 0.25) is 0 Å². The first-order valence-electron chi connectivity index (χ1n) is 5.26. The number of nitrogens with one attached hydrogen (secondary N) is 2. The number of hydrogen-bond donors (Lipinski definition) is 2. The van der Waals surface area contributed by atoms with Crippen molar-refractivity contribution < 1.29 is 8.42 Å². The first kappa shape index (κ1) is 13.3. The van der Waals surface area contributed by atoms with E-state index < -0.39 is 10.0 Å². The summed E-state index contributed by atoms with van der Waals surface area (Å²) in [5, 5.41) is 0.0651. The Morgan fingerprint density at radius 2 is 2.06 bits per heavy atom. The second-order valence-electron chi connectivity index (χ2n) is 3.65. The number of benzene rings is 1. The molecule has 0 aliphatic carbocycles. The Hall–Kier alpha value is -1.18. The van der Waals surface area contributed by atoms with E-state index in [1.807, 2.05) is 30.3 Å². The number of nitrogens with zero attached hydrogens (tertiary/aromatic N) is 1. The summed E-state index contributed by atoms with van der Waals surface area (Å²) in [5.74, 6) is 0. The molecule has 1 aromatic heterocycles. The van der Waals surface area contributed by atoms with Crippen LogP contribution in [0.3, 0.4) is 0 Å². The van der Waals surface area contributed by atoms with Crippen molar-refractivity contribution in [1.29, 1.82) is 0 Å². The molecule has 2 N–H and O–H groups in total. The molecule has 1 heterocycles. The zero-order chi connectivity index (χ0) is 13.0. The lowest BCUT2D eigenvalue weighted by Gasteiger charge is -2.11. The van der Waals surface area contributed by atoms with Crippen molar-refractivity contribution in [1.82, 2.24) is 14.7 Å². The number of sulfonamides is 1. The van der Waals surface area contributed by atoms with E-state index in [2.05, 4.69) is 30.6 Å². The second kappa shape index (κ2) is 5.64. The molecule has 96 valence electrons. The van der Waals surface area contributed by atoms with Crippen LogP contribution in [0, 0.1) is 0 Å². The first-order valence-corrected chi connectivity index (χ1v) is 7.66. The molecule has 2 rings (SSSR count). The smallest absolute Gasteiger partial charge is 0.257 e. The van der Waals surface area contributed by atoms with Gasteiger partial charge in [0, 0.05) is 6.54 Å². The van der Waals surface area contributed by atoms with Crippen LogP contribution in [0.2, 0.25) is 0 Å². The van der Waals surface area contributed by atoms with Gasteiger partial charge in [0.25, 0.3) is 10.0 Å². The van der Waals surface area contributed by atoms with E-state index in [4.69, 9.17) is 0 Å². The van der Waals surface area contributed by atoms with E-state index in [1.54, 1.807) is 0 Å². The molecular weight excluding hydrogens is 318 g/mol. The number of aromatic nitrogens is 2. The van der Waals surface area contributed by atoms with Crippen molar-refractivity contribution in [3.63, 3.8) is 0 Å². The van der Waals surface area contributed by atoms with Crippen LogP contribution in [-0.2, 0) is 10.0 Å². The Labute approximate surface area is 114 Å². The van der Waals surface area contributed by atoms with Crippen LogP contribution < -0.4 is 4.72 Å². The average molecular weight is 330 g/mol. The van der Waals surface area contributed by atoms with E-state index >= 15 is 0 Å². The summed E-state index contributed by atoms with van der Waals surface area (Å²) in [5.41, 5.74) is 1.02. The fraction of sp³-hybridized carbons (Fsp3) is 0.182. The van der Waals surface area contributed by atoms with Gasteiger partial charge in [-0.25, -0.2) is 18.1 Å². The monoisotopic (exact) mass is 329 g/mol. The van der Waals surface area contributed by atoms with E-state index in [9.17, 15) is 8.42 Å². The molecule has 18 heavy (non-hydrogen) atoms. The fourth-order valence-electron chi connectivity index (χ4n) is 1.43. The Bertz CT molecular complexity index is 584. The number of H-pyrrole nitrogens is 1. The van der Waals surface area contributed by atoms with Gasteiger partial charge < -0.3 is 4.98 Å². The largest absolute Gasteiger partial charge is 0.335 e. The van der Waals surface area contributed by atoms with Crippen LogP contribution >= 0.6 is 15.9 Å². The fourth-order valence-corrected chi connectivity index (χ4v) is 3.06. The maximum absolute atomic E-state index is 11.8. The Morgan fingerprint density at radius 3 is 2.67 bits per heavy atom. The van der Waals surface area contributed by atoms with Crippen LogP contribution in [0.5, 0.6) is 0 Å². The van der Waals surface area contributed by atoms with Crippen LogP contribution in [0.25, 0.3) is 0 Å². The standard InChI is InChI=1S/C11H12BrN3O2S/c12-10(9-4-2-1-3-5-9)6-15-18(16,17)11-7-13-8-14-11/h1-5,7-8,10,15H,6H2,(H,13,14). The van der Waals surface area contributed by atoms with Gasteiger partial charge >= 0.3 is 0 Å². The molecule has 0 bridgehead atoms. The Morgan fingerprint density at radius 1 is 1.33 bits per heavy atom.